The zero-order chi connectivity index (χ0) is 22.5. The topological polar surface area (TPSA) is 54.0 Å². The molecule has 5 heteroatoms. The Kier molecular flexibility index (Phi) is 18.2. The van der Waals surface area contributed by atoms with Crippen molar-refractivity contribution < 1.29 is 24.0 Å². The molecule has 0 aromatic heterocycles. The van der Waals surface area contributed by atoms with Gasteiger partial charge in [-0.25, -0.2) is 9.78 Å². The molecule has 0 aliphatic rings. The van der Waals surface area contributed by atoms with Crippen molar-refractivity contribution in [3.63, 3.8) is 0 Å². The van der Waals surface area contributed by atoms with E-state index < -0.39 is 5.79 Å². The fraction of sp³-hybridized carbons (Fsp3) is 0.640. The summed E-state index contributed by atoms with van der Waals surface area (Å²) >= 11 is 0. The van der Waals surface area contributed by atoms with Crippen molar-refractivity contribution in [3.8, 4) is 0 Å². The van der Waals surface area contributed by atoms with Crippen LogP contribution in [0.5, 0.6) is 0 Å². The molecule has 0 saturated carbocycles. The summed E-state index contributed by atoms with van der Waals surface area (Å²) in [5, 5.41) is 0. The Bertz CT molecular complexity index is 532. The minimum Gasteiger partial charge on any atom is -0.469 e. The number of methoxy groups -OCH3 is 2. The summed E-state index contributed by atoms with van der Waals surface area (Å²) in [6.07, 6.45) is 25.1. The maximum Gasteiger partial charge on any atom is 0.305 e. The normalized spacial score (nSPS) is 13.9. The van der Waals surface area contributed by atoms with Crippen LogP contribution in [0, 0.1) is 0 Å². The third kappa shape index (κ3) is 18.3. The lowest BCUT2D eigenvalue weighted by molar-refractivity contribution is -0.425. The second kappa shape index (κ2) is 19.3. The van der Waals surface area contributed by atoms with Gasteiger partial charge in [0.15, 0.2) is 5.79 Å². The smallest absolute Gasteiger partial charge is 0.305 e. The molecule has 1 atom stereocenters. The average molecular weight is 423 g/mol. The predicted octanol–water partition coefficient (Wildman–Crippen LogP) is 6.61. The van der Waals surface area contributed by atoms with Gasteiger partial charge >= 0.3 is 5.97 Å². The molecule has 0 amide bonds. The lowest BCUT2D eigenvalue weighted by Crippen LogP contribution is -2.29. The Hall–Kier alpha value is -1.69. The second-order valence-electron chi connectivity index (χ2n) is 7.51. The van der Waals surface area contributed by atoms with Crippen LogP contribution in [-0.2, 0) is 24.0 Å². The van der Waals surface area contributed by atoms with Gasteiger partial charge < -0.3 is 9.47 Å². The molecular weight excluding hydrogens is 380 g/mol. The highest BCUT2D eigenvalue weighted by Crippen LogP contribution is 2.15. The predicted molar refractivity (Wildman–Crippen MR) is 123 cm³/mol. The number of hydrogen-bond acceptors (Lipinski definition) is 5. The van der Waals surface area contributed by atoms with E-state index in [1.165, 1.54) is 32.8 Å². The quantitative estimate of drug-likeness (QED) is 0.0473. The summed E-state index contributed by atoms with van der Waals surface area (Å²) in [4.78, 5) is 22.1. The highest BCUT2D eigenvalue weighted by atomic mass is 17.2. The van der Waals surface area contributed by atoms with Crippen molar-refractivity contribution >= 4 is 5.97 Å². The minimum absolute atomic E-state index is 0.224. The molecule has 0 aliphatic heterocycles. The molecule has 0 bridgehead atoms. The molecule has 0 saturated heterocycles. The van der Waals surface area contributed by atoms with E-state index in [0.29, 0.717) is 19.3 Å². The Balaban J connectivity index is 4.29. The van der Waals surface area contributed by atoms with E-state index in [2.05, 4.69) is 42.0 Å². The summed E-state index contributed by atoms with van der Waals surface area (Å²) in [6, 6.07) is 0. The van der Waals surface area contributed by atoms with Crippen molar-refractivity contribution in [2.75, 3.05) is 14.2 Å². The van der Waals surface area contributed by atoms with Gasteiger partial charge in [-0.15, -0.1) is 0 Å². The number of rotatable bonds is 18. The molecule has 0 aromatic carbocycles. The van der Waals surface area contributed by atoms with E-state index in [1.807, 2.05) is 18.2 Å². The van der Waals surface area contributed by atoms with Gasteiger partial charge in [-0.3, -0.25) is 4.79 Å². The van der Waals surface area contributed by atoms with Crippen LogP contribution in [0.2, 0.25) is 0 Å². The average Bonchev–Trinajstić information content (AvgIpc) is 2.74. The van der Waals surface area contributed by atoms with Crippen LogP contribution in [0.1, 0.15) is 78.6 Å². The van der Waals surface area contributed by atoms with Crippen LogP contribution >= 0.6 is 0 Å². The Morgan fingerprint density at radius 1 is 0.933 bits per heavy atom. The highest BCUT2D eigenvalue weighted by Gasteiger charge is 2.20. The largest absolute Gasteiger partial charge is 0.469 e. The molecule has 0 radical (unpaired) electrons. The number of unbranched alkanes of at least 4 members (excludes halogenated alkanes) is 3. The molecule has 0 heterocycles. The van der Waals surface area contributed by atoms with Gasteiger partial charge in [0.2, 0.25) is 0 Å². The Labute approximate surface area is 183 Å². The number of esters is 1. The van der Waals surface area contributed by atoms with Gasteiger partial charge in [-0.2, -0.15) is 0 Å². The fourth-order valence-corrected chi connectivity index (χ4v) is 2.36. The Morgan fingerprint density at radius 3 is 2.30 bits per heavy atom. The zero-order valence-corrected chi connectivity index (χ0v) is 19.6. The Morgan fingerprint density at radius 2 is 1.63 bits per heavy atom. The molecule has 0 unspecified atom stereocenters. The van der Waals surface area contributed by atoms with Gasteiger partial charge in [0, 0.05) is 13.5 Å². The summed E-state index contributed by atoms with van der Waals surface area (Å²) in [7, 11) is 2.95. The van der Waals surface area contributed by atoms with E-state index in [4.69, 9.17) is 14.5 Å². The molecule has 5 nitrogen and oxygen atoms in total. The molecule has 172 valence electrons. The molecule has 30 heavy (non-hydrogen) atoms. The molecule has 0 aromatic rings. The van der Waals surface area contributed by atoms with Crippen molar-refractivity contribution in [1.82, 2.24) is 0 Å². The van der Waals surface area contributed by atoms with Crippen LogP contribution in [0.4, 0.5) is 0 Å². The molecule has 0 N–H and O–H groups in total. The number of allylic oxidation sites excluding steroid dienone is 7. The lowest BCUT2D eigenvalue weighted by Gasteiger charge is -2.24. The second-order valence-corrected chi connectivity index (χ2v) is 7.51. The van der Waals surface area contributed by atoms with Crippen LogP contribution in [0.15, 0.2) is 48.6 Å². The molecule has 0 fully saturated rings. The van der Waals surface area contributed by atoms with Crippen molar-refractivity contribution in [1.29, 1.82) is 0 Å². The van der Waals surface area contributed by atoms with Crippen LogP contribution in [0.3, 0.4) is 0 Å². The first kappa shape index (κ1) is 28.3. The number of ether oxygens (including phenoxy) is 2. The first-order chi connectivity index (χ1) is 14.4. The third-order valence-corrected chi connectivity index (χ3v) is 4.39. The molecule has 0 rings (SSSR count). The van der Waals surface area contributed by atoms with Gasteiger partial charge in [0.05, 0.1) is 7.11 Å². The van der Waals surface area contributed by atoms with E-state index >= 15 is 0 Å². The highest BCUT2D eigenvalue weighted by molar-refractivity contribution is 5.68. The summed E-state index contributed by atoms with van der Waals surface area (Å²) < 4.78 is 9.87. The van der Waals surface area contributed by atoms with Gasteiger partial charge in [-0.1, -0.05) is 68.4 Å². The summed E-state index contributed by atoms with van der Waals surface area (Å²) in [6.45, 7) is 5.77. The fourth-order valence-electron chi connectivity index (χ4n) is 2.36. The van der Waals surface area contributed by atoms with Crippen molar-refractivity contribution in [2.45, 2.75) is 90.4 Å². The monoisotopic (exact) mass is 422 g/mol. The maximum absolute atomic E-state index is 11.3. The number of carbonyl (C=O) groups excluding carboxylic acids is 1. The standard InChI is InChI=1S/C25H42O5/c1-6-7-8-9-10-11-12-13-14-15-16-17-18-20-23(21-19-22-24(26)27-4)29-30-25(2,3)28-5/h10-11,13-14,16-18,20,23H,6-9,12,15,19,21-22H2,1-5H3/b11-10-,14-13-,17-16-,20-18+/t23-/m1/s1. The van der Waals surface area contributed by atoms with Gasteiger partial charge in [0.1, 0.15) is 6.10 Å². The van der Waals surface area contributed by atoms with Gasteiger partial charge in [0.25, 0.3) is 0 Å². The van der Waals surface area contributed by atoms with E-state index in [0.717, 1.165) is 12.8 Å². The number of hydrogen-bond donors (Lipinski definition) is 0. The molecule has 0 spiro atoms. The summed E-state index contributed by atoms with van der Waals surface area (Å²) in [5.74, 6) is -1.06. The van der Waals surface area contributed by atoms with E-state index in [-0.39, 0.29) is 12.1 Å². The molecular formula is C25H42O5. The number of carbonyl (C=O) groups is 1. The van der Waals surface area contributed by atoms with Crippen LogP contribution < -0.4 is 0 Å². The summed E-state index contributed by atoms with van der Waals surface area (Å²) in [5.41, 5.74) is 0. The minimum atomic E-state index is -0.834. The maximum atomic E-state index is 11.3. The first-order valence-corrected chi connectivity index (χ1v) is 11.0. The first-order valence-electron chi connectivity index (χ1n) is 11.0. The third-order valence-electron chi connectivity index (χ3n) is 4.39. The SMILES string of the molecule is CCCCC/C=C\C/C=C\C/C=C\C=C\[C@H](CCCC(=O)OC)OOC(C)(C)OC. The van der Waals surface area contributed by atoms with E-state index in [9.17, 15) is 4.79 Å². The lowest BCUT2D eigenvalue weighted by atomic mass is 10.1. The van der Waals surface area contributed by atoms with Crippen LogP contribution in [-0.4, -0.2) is 32.1 Å². The zero-order valence-electron chi connectivity index (χ0n) is 19.6. The van der Waals surface area contributed by atoms with Crippen molar-refractivity contribution in [3.05, 3.63) is 48.6 Å². The van der Waals surface area contributed by atoms with Crippen molar-refractivity contribution in [2.24, 2.45) is 0 Å². The van der Waals surface area contributed by atoms with Crippen LogP contribution in [0.25, 0.3) is 0 Å². The van der Waals surface area contributed by atoms with E-state index in [1.54, 1.807) is 21.0 Å². The molecule has 0 aliphatic carbocycles. The van der Waals surface area contributed by atoms with Gasteiger partial charge in [-0.05, 0) is 52.4 Å².